The largest absolute Gasteiger partial charge is 0.495 e. The Morgan fingerprint density at radius 1 is 1.07 bits per heavy atom. The van der Waals surface area contributed by atoms with E-state index in [9.17, 15) is 5.11 Å². The van der Waals surface area contributed by atoms with Crippen LogP contribution in [0.1, 0.15) is 12.8 Å². The number of piperidine rings is 1. The second kappa shape index (κ2) is 8.34. The summed E-state index contributed by atoms with van der Waals surface area (Å²) < 4.78 is 10.8. The molecular weight excluding hydrogens is 427 g/mol. The van der Waals surface area contributed by atoms with Crippen LogP contribution in [0, 0.1) is 0 Å². The van der Waals surface area contributed by atoms with Crippen LogP contribution < -0.4 is 20.1 Å². The summed E-state index contributed by atoms with van der Waals surface area (Å²) in [5.41, 5.74) is 7.04. The Hall–Kier alpha value is -2.48. The summed E-state index contributed by atoms with van der Waals surface area (Å²) in [7, 11) is 3.06. The highest BCUT2D eigenvalue weighted by atomic mass is 35.5. The summed E-state index contributed by atoms with van der Waals surface area (Å²) in [5.74, 6) is 2.03. The number of halogens is 2. The number of ether oxygens (including phenoxy) is 2. The number of nitrogens with zero attached hydrogens (tertiary/aromatic N) is 3. The van der Waals surface area contributed by atoms with E-state index in [-0.39, 0.29) is 6.10 Å². The molecule has 158 valence electrons. The van der Waals surface area contributed by atoms with Gasteiger partial charge in [-0.1, -0.05) is 23.2 Å². The minimum Gasteiger partial charge on any atom is -0.495 e. The molecule has 30 heavy (non-hydrogen) atoms. The average molecular weight is 449 g/mol. The van der Waals surface area contributed by atoms with Gasteiger partial charge in [-0.15, -0.1) is 0 Å². The molecule has 2 aromatic heterocycles. The number of hydrogen-bond acceptors (Lipinski definition) is 7. The minimum absolute atomic E-state index is 0.297. The van der Waals surface area contributed by atoms with Crippen LogP contribution in [0.25, 0.3) is 22.0 Å². The second-order valence-electron chi connectivity index (χ2n) is 7.16. The highest BCUT2D eigenvalue weighted by molar-refractivity contribution is 6.41. The lowest BCUT2D eigenvalue weighted by Gasteiger charge is -2.31. The number of aliphatic hydroxyl groups is 1. The van der Waals surface area contributed by atoms with Crippen molar-refractivity contribution in [3.8, 4) is 22.8 Å². The summed E-state index contributed by atoms with van der Waals surface area (Å²) in [6, 6.07) is 5.32. The summed E-state index contributed by atoms with van der Waals surface area (Å²) in [4.78, 5) is 11.3. The number of anilines is 2. The van der Waals surface area contributed by atoms with E-state index in [1.807, 2.05) is 12.1 Å². The van der Waals surface area contributed by atoms with Crippen molar-refractivity contribution in [2.45, 2.75) is 18.9 Å². The molecule has 0 atom stereocenters. The van der Waals surface area contributed by atoms with Gasteiger partial charge in [-0.25, -0.2) is 9.97 Å². The fourth-order valence-electron chi connectivity index (χ4n) is 3.70. The normalized spacial score (nSPS) is 14.9. The molecule has 1 aliphatic heterocycles. The Bertz CT molecular complexity index is 1070. The number of benzene rings is 1. The molecule has 3 heterocycles. The Kier molecular flexibility index (Phi) is 5.77. The second-order valence-corrected chi connectivity index (χ2v) is 7.92. The van der Waals surface area contributed by atoms with Gasteiger partial charge in [0.15, 0.2) is 0 Å². The number of rotatable bonds is 4. The summed E-state index contributed by atoms with van der Waals surface area (Å²) in [5, 5.41) is 12.3. The molecule has 1 saturated heterocycles. The van der Waals surface area contributed by atoms with Crippen LogP contribution in [-0.2, 0) is 0 Å². The average Bonchev–Trinajstić information content (AvgIpc) is 2.74. The molecule has 3 N–H and O–H groups in total. The van der Waals surface area contributed by atoms with Crippen LogP contribution in [0.5, 0.6) is 11.5 Å². The molecule has 1 aliphatic rings. The Labute approximate surface area is 184 Å². The molecule has 4 rings (SSSR count). The molecule has 0 saturated carbocycles. The first kappa shape index (κ1) is 20.8. The van der Waals surface area contributed by atoms with E-state index in [0.29, 0.717) is 64.6 Å². The Morgan fingerprint density at radius 3 is 2.30 bits per heavy atom. The molecular formula is C21H22Cl2N4O3. The Morgan fingerprint density at radius 2 is 1.70 bits per heavy atom. The molecule has 0 unspecified atom stereocenters. The van der Waals surface area contributed by atoms with E-state index < -0.39 is 0 Å². The first-order valence-electron chi connectivity index (χ1n) is 9.52. The quantitative estimate of drug-likeness (QED) is 0.618. The van der Waals surface area contributed by atoms with Crippen molar-refractivity contribution in [3.63, 3.8) is 0 Å². The van der Waals surface area contributed by atoms with Crippen LogP contribution in [0.4, 0.5) is 11.6 Å². The molecule has 7 nitrogen and oxygen atoms in total. The third kappa shape index (κ3) is 3.69. The number of pyridine rings is 2. The molecule has 0 aliphatic carbocycles. The predicted octanol–water partition coefficient (Wildman–Crippen LogP) is 4.16. The molecule has 1 fully saturated rings. The zero-order valence-electron chi connectivity index (χ0n) is 16.7. The van der Waals surface area contributed by atoms with Crippen LogP contribution in [0.2, 0.25) is 10.0 Å². The lowest BCUT2D eigenvalue weighted by molar-refractivity contribution is 0.145. The van der Waals surface area contributed by atoms with Gasteiger partial charge in [0.05, 0.1) is 36.1 Å². The smallest absolute Gasteiger partial charge is 0.141 e. The maximum absolute atomic E-state index is 9.91. The van der Waals surface area contributed by atoms with E-state index in [1.54, 1.807) is 12.3 Å². The maximum atomic E-state index is 9.91. The molecule has 0 radical (unpaired) electrons. The van der Waals surface area contributed by atoms with E-state index in [4.69, 9.17) is 43.4 Å². The van der Waals surface area contributed by atoms with Gasteiger partial charge in [-0.3, -0.25) is 0 Å². The number of aromatic nitrogens is 2. The first-order chi connectivity index (χ1) is 14.4. The van der Waals surface area contributed by atoms with Crippen molar-refractivity contribution in [2.24, 2.45) is 0 Å². The van der Waals surface area contributed by atoms with Crippen LogP contribution >= 0.6 is 23.2 Å². The number of fused-ring (bicyclic) bond motifs is 1. The molecule has 1 aromatic carbocycles. The third-order valence-corrected chi connectivity index (χ3v) is 6.06. The standard InChI is InChI=1S/C21H22Cl2N4O3/c1-29-15-9-16(30-2)20(23)18(19(15)22)14-7-11-10-25-17(24)8-13(11)21(26-14)27-5-3-12(28)4-6-27/h7-10,12,28H,3-6H2,1-2H3,(H2,24,25). The number of nitrogens with two attached hydrogens (primary N) is 1. The number of nitrogen functional groups attached to an aromatic ring is 1. The fraction of sp³-hybridized carbons (Fsp3) is 0.333. The fourth-order valence-corrected chi connectivity index (χ4v) is 4.40. The van der Waals surface area contributed by atoms with Crippen molar-refractivity contribution in [1.29, 1.82) is 0 Å². The van der Waals surface area contributed by atoms with E-state index in [2.05, 4.69) is 9.88 Å². The van der Waals surface area contributed by atoms with E-state index in [0.717, 1.165) is 16.6 Å². The first-order valence-corrected chi connectivity index (χ1v) is 10.3. The van der Waals surface area contributed by atoms with E-state index in [1.165, 1.54) is 14.2 Å². The van der Waals surface area contributed by atoms with Crippen molar-refractivity contribution in [3.05, 3.63) is 34.4 Å². The predicted molar refractivity (Wildman–Crippen MR) is 120 cm³/mol. The number of methoxy groups -OCH3 is 2. The monoisotopic (exact) mass is 448 g/mol. The summed E-state index contributed by atoms with van der Waals surface area (Å²) in [6.07, 6.45) is 2.75. The summed E-state index contributed by atoms with van der Waals surface area (Å²) in [6.45, 7) is 1.36. The summed E-state index contributed by atoms with van der Waals surface area (Å²) >= 11 is 13.2. The van der Waals surface area contributed by atoms with Gasteiger partial charge in [-0.05, 0) is 25.0 Å². The SMILES string of the molecule is COc1cc(OC)c(Cl)c(-c2cc3cnc(N)cc3c(N3CCC(O)CC3)n2)c1Cl. The minimum atomic E-state index is -0.297. The van der Waals surface area contributed by atoms with Gasteiger partial charge >= 0.3 is 0 Å². The lowest BCUT2D eigenvalue weighted by atomic mass is 10.0. The van der Waals surface area contributed by atoms with Crippen LogP contribution in [0.3, 0.4) is 0 Å². The van der Waals surface area contributed by atoms with Crippen molar-refractivity contribution in [2.75, 3.05) is 37.9 Å². The number of aliphatic hydroxyl groups excluding tert-OH is 1. The van der Waals surface area contributed by atoms with Crippen LogP contribution in [-0.4, -0.2) is 48.5 Å². The molecule has 3 aromatic rings. The molecule has 0 bridgehead atoms. The zero-order valence-corrected chi connectivity index (χ0v) is 18.2. The molecule has 0 amide bonds. The molecule has 9 heteroatoms. The van der Waals surface area contributed by atoms with Gasteiger partial charge in [0, 0.05) is 41.7 Å². The third-order valence-electron chi connectivity index (χ3n) is 5.31. The topological polar surface area (TPSA) is 93.7 Å². The van der Waals surface area contributed by atoms with Crippen molar-refractivity contribution >= 4 is 45.6 Å². The maximum Gasteiger partial charge on any atom is 0.141 e. The van der Waals surface area contributed by atoms with Gasteiger partial charge in [0.2, 0.25) is 0 Å². The van der Waals surface area contributed by atoms with E-state index >= 15 is 0 Å². The van der Waals surface area contributed by atoms with Gasteiger partial charge in [0.1, 0.15) is 23.1 Å². The van der Waals surface area contributed by atoms with Gasteiger partial charge < -0.3 is 25.2 Å². The highest BCUT2D eigenvalue weighted by Crippen LogP contribution is 2.46. The van der Waals surface area contributed by atoms with Crippen LogP contribution in [0.15, 0.2) is 24.4 Å². The lowest BCUT2D eigenvalue weighted by Crippen LogP contribution is -2.36. The van der Waals surface area contributed by atoms with Crippen molar-refractivity contribution in [1.82, 2.24) is 9.97 Å². The number of hydrogen-bond donors (Lipinski definition) is 2. The van der Waals surface area contributed by atoms with Gasteiger partial charge in [0.25, 0.3) is 0 Å². The van der Waals surface area contributed by atoms with Crippen molar-refractivity contribution < 1.29 is 14.6 Å². The molecule has 0 spiro atoms. The Balaban J connectivity index is 1.96. The zero-order chi connectivity index (χ0) is 21.4. The highest BCUT2D eigenvalue weighted by Gasteiger charge is 2.24. The van der Waals surface area contributed by atoms with Gasteiger partial charge in [-0.2, -0.15) is 0 Å².